The summed E-state index contributed by atoms with van der Waals surface area (Å²) in [6.07, 6.45) is 2.29. The Kier molecular flexibility index (Phi) is 9.15. The normalized spacial score (nSPS) is 12.2. The van der Waals surface area contributed by atoms with Crippen molar-refractivity contribution >= 4 is 0 Å². The molecule has 0 radical (unpaired) electrons. The number of ether oxygens (including phenoxy) is 3. The largest absolute Gasteiger partial charge is 0.493 e. The minimum absolute atomic E-state index is 0.00716. The summed E-state index contributed by atoms with van der Waals surface area (Å²) < 4.78 is 16.3. The van der Waals surface area contributed by atoms with Gasteiger partial charge in [0, 0.05) is 11.3 Å². The summed E-state index contributed by atoms with van der Waals surface area (Å²) >= 11 is 0. The summed E-state index contributed by atoms with van der Waals surface area (Å²) in [5, 5.41) is 10.6. The fourth-order valence-electron chi connectivity index (χ4n) is 2.51. The molecule has 1 aromatic rings. The van der Waals surface area contributed by atoms with E-state index in [1.54, 1.807) is 7.11 Å². The van der Waals surface area contributed by atoms with Gasteiger partial charge in [0.2, 0.25) is 6.54 Å². The maximum Gasteiger partial charge on any atom is 0.204 e. The van der Waals surface area contributed by atoms with E-state index in [1.165, 1.54) is 0 Å². The Balaban J connectivity index is 2.76. The molecule has 136 valence electrons. The average Bonchev–Trinajstić information content (AvgIpc) is 2.55. The van der Waals surface area contributed by atoms with Crippen LogP contribution in [0.15, 0.2) is 18.2 Å². The van der Waals surface area contributed by atoms with E-state index in [2.05, 4.69) is 13.8 Å². The SMILES string of the molecule is CCCOCOc1cc(C[C@@H](CC[N+](=O)[O-])C(C)C)ccc1OC. The van der Waals surface area contributed by atoms with Crippen molar-refractivity contribution in [3.8, 4) is 11.5 Å². The zero-order valence-corrected chi connectivity index (χ0v) is 15.1. The zero-order valence-electron chi connectivity index (χ0n) is 15.1. The molecule has 0 amide bonds. The van der Waals surface area contributed by atoms with Crippen LogP contribution in [0.5, 0.6) is 11.5 Å². The molecule has 0 aliphatic carbocycles. The molecule has 0 N–H and O–H groups in total. The number of hydrogen-bond acceptors (Lipinski definition) is 5. The van der Waals surface area contributed by atoms with Gasteiger partial charge in [-0.2, -0.15) is 0 Å². The lowest BCUT2D eigenvalue weighted by atomic mass is 9.86. The zero-order chi connectivity index (χ0) is 17.9. The molecule has 0 spiro atoms. The van der Waals surface area contributed by atoms with Crippen LogP contribution in [-0.2, 0) is 11.2 Å². The summed E-state index contributed by atoms with van der Waals surface area (Å²) in [5.74, 6) is 1.94. The van der Waals surface area contributed by atoms with Crippen molar-refractivity contribution in [1.29, 1.82) is 0 Å². The molecule has 1 aromatic carbocycles. The van der Waals surface area contributed by atoms with Gasteiger partial charge in [-0.15, -0.1) is 0 Å². The number of methoxy groups -OCH3 is 1. The van der Waals surface area contributed by atoms with Gasteiger partial charge in [0.25, 0.3) is 0 Å². The first-order chi connectivity index (χ1) is 11.5. The second kappa shape index (κ2) is 10.9. The third-order valence-corrected chi connectivity index (χ3v) is 4.00. The summed E-state index contributed by atoms with van der Waals surface area (Å²) in [4.78, 5) is 10.4. The van der Waals surface area contributed by atoms with Gasteiger partial charge in [-0.3, -0.25) is 10.1 Å². The first-order valence-corrected chi connectivity index (χ1v) is 8.47. The summed E-state index contributed by atoms with van der Waals surface area (Å²) in [6.45, 7) is 7.08. The molecule has 0 heterocycles. The van der Waals surface area contributed by atoms with Crippen molar-refractivity contribution in [2.75, 3.05) is 27.1 Å². The molecule has 0 saturated carbocycles. The molecule has 0 fully saturated rings. The van der Waals surface area contributed by atoms with Gasteiger partial charge in [-0.25, -0.2) is 0 Å². The van der Waals surface area contributed by atoms with Crippen LogP contribution in [-0.4, -0.2) is 32.0 Å². The molecule has 1 atom stereocenters. The van der Waals surface area contributed by atoms with E-state index < -0.39 is 0 Å². The number of hydrogen-bond donors (Lipinski definition) is 0. The highest BCUT2D eigenvalue weighted by Crippen LogP contribution is 2.30. The second-order valence-corrected chi connectivity index (χ2v) is 6.21. The van der Waals surface area contributed by atoms with Crippen LogP contribution in [0.4, 0.5) is 0 Å². The average molecular weight is 339 g/mol. The standard InChI is InChI=1S/C18H29NO5/c1-5-10-23-13-24-18-12-15(6-7-17(18)22-4)11-16(14(2)3)8-9-19(20)21/h6-7,12,14,16H,5,8-11,13H2,1-4H3/t16-/m1/s1. The summed E-state index contributed by atoms with van der Waals surface area (Å²) in [5.41, 5.74) is 1.09. The molecule has 1 rings (SSSR count). The molecule has 24 heavy (non-hydrogen) atoms. The molecule has 0 bridgehead atoms. The number of nitrogens with zero attached hydrogens (tertiary/aromatic N) is 1. The highest BCUT2D eigenvalue weighted by molar-refractivity contribution is 5.43. The van der Waals surface area contributed by atoms with Gasteiger partial charge in [0.15, 0.2) is 18.3 Å². The highest BCUT2D eigenvalue weighted by atomic mass is 16.7. The fourth-order valence-corrected chi connectivity index (χ4v) is 2.51. The fraction of sp³-hybridized carbons (Fsp3) is 0.667. The lowest BCUT2D eigenvalue weighted by molar-refractivity contribution is -0.481. The third-order valence-electron chi connectivity index (χ3n) is 4.00. The van der Waals surface area contributed by atoms with E-state index >= 15 is 0 Å². The molecule has 6 nitrogen and oxygen atoms in total. The van der Waals surface area contributed by atoms with Gasteiger partial charge < -0.3 is 14.2 Å². The Morgan fingerprint density at radius 2 is 2.00 bits per heavy atom. The van der Waals surface area contributed by atoms with Crippen molar-refractivity contribution < 1.29 is 19.1 Å². The molecule has 6 heteroatoms. The van der Waals surface area contributed by atoms with Gasteiger partial charge in [0.05, 0.1) is 13.7 Å². The van der Waals surface area contributed by atoms with Crippen LogP contribution in [0.1, 0.15) is 39.2 Å². The van der Waals surface area contributed by atoms with E-state index in [0.717, 1.165) is 18.4 Å². The number of rotatable bonds is 12. The van der Waals surface area contributed by atoms with E-state index in [9.17, 15) is 10.1 Å². The Bertz CT molecular complexity index is 504. The molecule has 0 aliphatic rings. The molecule has 0 aromatic heterocycles. The predicted molar refractivity (Wildman–Crippen MR) is 93.2 cm³/mol. The van der Waals surface area contributed by atoms with Crippen LogP contribution in [0.25, 0.3) is 0 Å². The number of benzene rings is 1. The molecule has 0 saturated heterocycles. The topological polar surface area (TPSA) is 70.8 Å². The van der Waals surface area contributed by atoms with Crippen molar-refractivity contribution in [1.82, 2.24) is 0 Å². The lowest BCUT2D eigenvalue weighted by Crippen LogP contribution is -2.17. The number of nitro groups is 1. The molecular weight excluding hydrogens is 310 g/mol. The lowest BCUT2D eigenvalue weighted by Gasteiger charge is -2.20. The van der Waals surface area contributed by atoms with Crippen molar-refractivity contribution in [3.05, 3.63) is 33.9 Å². The van der Waals surface area contributed by atoms with Crippen LogP contribution in [0.3, 0.4) is 0 Å². The quantitative estimate of drug-likeness (QED) is 0.250. The Labute approximate surface area is 144 Å². The van der Waals surface area contributed by atoms with Crippen molar-refractivity contribution in [2.24, 2.45) is 11.8 Å². The first kappa shape index (κ1) is 20.2. The van der Waals surface area contributed by atoms with Crippen LogP contribution in [0, 0.1) is 22.0 Å². The molecular formula is C18H29NO5. The highest BCUT2D eigenvalue weighted by Gasteiger charge is 2.18. The Hall–Kier alpha value is -1.82. The van der Waals surface area contributed by atoms with Crippen LogP contribution >= 0.6 is 0 Å². The van der Waals surface area contributed by atoms with E-state index in [1.807, 2.05) is 25.1 Å². The van der Waals surface area contributed by atoms with E-state index in [-0.39, 0.29) is 24.2 Å². The van der Waals surface area contributed by atoms with Gasteiger partial charge >= 0.3 is 0 Å². The van der Waals surface area contributed by atoms with Gasteiger partial charge in [-0.1, -0.05) is 26.8 Å². The van der Waals surface area contributed by atoms with Crippen LogP contribution < -0.4 is 9.47 Å². The van der Waals surface area contributed by atoms with Gasteiger partial charge in [0.1, 0.15) is 0 Å². The minimum Gasteiger partial charge on any atom is -0.493 e. The molecule has 0 aliphatic heterocycles. The van der Waals surface area contributed by atoms with E-state index in [4.69, 9.17) is 14.2 Å². The Morgan fingerprint density at radius 3 is 2.58 bits per heavy atom. The maximum atomic E-state index is 10.6. The van der Waals surface area contributed by atoms with E-state index in [0.29, 0.717) is 30.4 Å². The van der Waals surface area contributed by atoms with Crippen LogP contribution in [0.2, 0.25) is 0 Å². The monoisotopic (exact) mass is 339 g/mol. The molecule has 0 unspecified atom stereocenters. The summed E-state index contributed by atoms with van der Waals surface area (Å²) in [6, 6.07) is 5.80. The predicted octanol–water partition coefficient (Wildman–Crippen LogP) is 3.94. The Morgan fingerprint density at radius 1 is 1.25 bits per heavy atom. The second-order valence-electron chi connectivity index (χ2n) is 6.21. The first-order valence-electron chi connectivity index (χ1n) is 8.47. The maximum absolute atomic E-state index is 10.6. The minimum atomic E-state index is -0.247. The van der Waals surface area contributed by atoms with Crippen molar-refractivity contribution in [3.63, 3.8) is 0 Å². The summed E-state index contributed by atoms with van der Waals surface area (Å²) in [7, 11) is 1.60. The smallest absolute Gasteiger partial charge is 0.204 e. The third kappa shape index (κ3) is 7.17. The van der Waals surface area contributed by atoms with Crippen molar-refractivity contribution in [2.45, 2.75) is 40.0 Å². The van der Waals surface area contributed by atoms with Gasteiger partial charge in [-0.05, 0) is 42.4 Å².